The number of aliphatic carboxylic acids is 2. The Morgan fingerprint density at radius 1 is 1.22 bits per heavy atom. The van der Waals surface area contributed by atoms with E-state index in [9.17, 15) is 19.8 Å². The maximum Gasteiger partial charge on any atom is 0.334 e. The summed E-state index contributed by atoms with van der Waals surface area (Å²) in [5, 5.41) is 23.4. The molecule has 0 saturated heterocycles. The van der Waals surface area contributed by atoms with Crippen molar-refractivity contribution in [2.45, 2.75) is 19.8 Å². The molecule has 23 heavy (non-hydrogen) atoms. The number of carboxylic acid groups (broad SMARTS) is 2. The Morgan fingerprint density at radius 2 is 1.96 bits per heavy atom. The quantitative estimate of drug-likeness (QED) is 0.901. The van der Waals surface area contributed by atoms with Crippen molar-refractivity contribution in [1.82, 2.24) is 9.61 Å². The van der Waals surface area contributed by atoms with Crippen molar-refractivity contribution in [3.8, 4) is 0 Å². The van der Waals surface area contributed by atoms with Crippen molar-refractivity contribution >= 4 is 23.2 Å². The van der Waals surface area contributed by atoms with Gasteiger partial charge in [0.25, 0.3) is 0 Å². The zero-order chi connectivity index (χ0) is 16.7. The molecule has 0 amide bonds. The van der Waals surface area contributed by atoms with Crippen LogP contribution in [0.15, 0.2) is 46.9 Å². The number of hydrogen-bond acceptors (Lipinski definition) is 4. The normalized spacial score (nSPS) is 21.4. The molecule has 2 aromatic rings. The molecule has 2 N–H and O–H groups in total. The standard InChI is InChI=1S/C16H15N3O4/c1-8-12(15(20)21)14(13(16(22)23)9(2)18-8)10-7-17-19-6-4-3-5-11(10)19/h3-7,12,14H,1-2H3,(H,20,21)(H,22,23). The van der Waals surface area contributed by atoms with Crippen LogP contribution in [0.4, 0.5) is 0 Å². The molecular formula is C16H15N3O4. The highest BCUT2D eigenvalue weighted by molar-refractivity contribution is 6.06. The van der Waals surface area contributed by atoms with Gasteiger partial charge in [-0.15, -0.1) is 0 Å². The molecule has 7 nitrogen and oxygen atoms in total. The van der Waals surface area contributed by atoms with E-state index in [-0.39, 0.29) is 5.57 Å². The molecule has 2 unspecified atom stereocenters. The van der Waals surface area contributed by atoms with Crippen LogP contribution < -0.4 is 0 Å². The van der Waals surface area contributed by atoms with Gasteiger partial charge in [0.2, 0.25) is 0 Å². The van der Waals surface area contributed by atoms with E-state index in [4.69, 9.17) is 0 Å². The number of fused-ring (bicyclic) bond motifs is 1. The number of allylic oxidation sites excluding steroid dienone is 1. The summed E-state index contributed by atoms with van der Waals surface area (Å²) in [5.41, 5.74) is 1.98. The van der Waals surface area contributed by atoms with E-state index in [1.165, 1.54) is 6.20 Å². The topological polar surface area (TPSA) is 104 Å². The van der Waals surface area contributed by atoms with Gasteiger partial charge in [0.1, 0.15) is 5.92 Å². The second-order valence-electron chi connectivity index (χ2n) is 5.48. The molecule has 0 spiro atoms. The van der Waals surface area contributed by atoms with Crippen molar-refractivity contribution < 1.29 is 19.8 Å². The predicted molar refractivity (Wildman–Crippen MR) is 82.5 cm³/mol. The number of hydrogen-bond donors (Lipinski definition) is 2. The van der Waals surface area contributed by atoms with Crippen LogP contribution in [0.1, 0.15) is 25.3 Å². The minimum absolute atomic E-state index is 0.00162. The summed E-state index contributed by atoms with van der Waals surface area (Å²) in [6, 6.07) is 5.39. The fraction of sp³-hybridized carbons (Fsp3) is 0.250. The van der Waals surface area contributed by atoms with Crippen LogP contribution in [0, 0.1) is 5.92 Å². The number of carbonyl (C=O) groups is 2. The lowest BCUT2D eigenvalue weighted by atomic mass is 9.76. The molecule has 7 heteroatoms. The molecule has 0 aliphatic carbocycles. The van der Waals surface area contributed by atoms with Gasteiger partial charge < -0.3 is 10.2 Å². The number of nitrogens with zero attached hydrogens (tertiary/aromatic N) is 3. The van der Waals surface area contributed by atoms with Gasteiger partial charge in [-0.2, -0.15) is 5.10 Å². The highest BCUT2D eigenvalue weighted by Crippen LogP contribution is 2.40. The molecule has 1 aliphatic rings. The van der Waals surface area contributed by atoms with Crippen LogP contribution in [0.5, 0.6) is 0 Å². The van der Waals surface area contributed by atoms with Gasteiger partial charge >= 0.3 is 11.9 Å². The van der Waals surface area contributed by atoms with Gasteiger partial charge in [0.05, 0.1) is 17.3 Å². The van der Waals surface area contributed by atoms with Gasteiger partial charge in [-0.25, -0.2) is 9.31 Å². The van der Waals surface area contributed by atoms with Crippen molar-refractivity contribution in [2.75, 3.05) is 0 Å². The van der Waals surface area contributed by atoms with Gasteiger partial charge in [-0.3, -0.25) is 9.79 Å². The lowest BCUT2D eigenvalue weighted by molar-refractivity contribution is -0.140. The summed E-state index contributed by atoms with van der Waals surface area (Å²) < 4.78 is 1.60. The molecule has 0 bridgehead atoms. The second kappa shape index (κ2) is 5.35. The zero-order valence-corrected chi connectivity index (χ0v) is 12.6. The SMILES string of the molecule is CC1=NC(C)=C(C(=O)O)C(c2cnn3ccccc23)C1C(=O)O. The summed E-state index contributed by atoms with van der Waals surface area (Å²) in [5.74, 6) is -4.12. The summed E-state index contributed by atoms with van der Waals surface area (Å²) >= 11 is 0. The van der Waals surface area contributed by atoms with Crippen molar-refractivity contribution in [1.29, 1.82) is 0 Å². The van der Waals surface area contributed by atoms with Crippen molar-refractivity contribution in [3.63, 3.8) is 0 Å². The molecule has 0 fully saturated rings. The molecule has 3 rings (SSSR count). The lowest BCUT2D eigenvalue weighted by Gasteiger charge is -2.28. The summed E-state index contributed by atoms with van der Waals surface area (Å²) in [4.78, 5) is 27.6. The van der Waals surface area contributed by atoms with Crippen molar-refractivity contribution in [3.05, 3.63) is 47.4 Å². The number of aromatic nitrogens is 2. The fourth-order valence-electron chi connectivity index (χ4n) is 3.17. The first kappa shape index (κ1) is 15.0. The lowest BCUT2D eigenvalue weighted by Crippen LogP contribution is -2.34. The Bertz CT molecular complexity index is 878. The molecule has 0 radical (unpaired) electrons. The molecule has 0 aromatic carbocycles. The van der Waals surface area contributed by atoms with E-state index in [1.54, 1.807) is 42.8 Å². The summed E-state index contributed by atoms with van der Waals surface area (Å²) in [6.45, 7) is 3.20. The van der Waals surface area contributed by atoms with Gasteiger partial charge in [0.15, 0.2) is 0 Å². The first-order valence-corrected chi connectivity index (χ1v) is 7.06. The van der Waals surface area contributed by atoms with E-state index < -0.39 is 23.8 Å². The molecule has 2 atom stereocenters. The molecule has 0 saturated carbocycles. The maximum absolute atomic E-state index is 11.8. The van der Waals surface area contributed by atoms with Gasteiger partial charge in [-0.05, 0) is 26.0 Å². The van der Waals surface area contributed by atoms with Crippen LogP contribution in [-0.2, 0) is 9.59 Å². The predicted octanol–water partition coefficient (Wildman–Crippen LogP) is 1.95. The average Bonchev–Trinajstić information content (AvgIpc) is 2.89. The van der Waals surface area contributed by atoms with E-state index in [0.29, 0.717) is 22.5 Å². The maximum atomic E-state index is 11.8. The highest BCUT2D eigenvalue weighted by atomic mass is 16.4. The van der Waals surface area contributed by atoms with Crippen LogP contribution in [0.2, 0.25) is 0 Å². The van der Waals surface area contributed by atoms with Crippen molar-refractivity contribution in [2.24, 2.45) is 10.9 Å². The van der Waals surface area contributed by atoms with Crippen LogP contribution in [0.25, 0.3) is 5.52 Å². The first-order valence-electron chi connectivity index (χ1n) is 7.06. The van der Waals surface area contributed by atoms with E-state index in [1.807, 2.05) is 0 Å². The Hall–Kier alpha value is -2.96. The fourth-order valence-corrected chi connectivity index (χ4v) is 3.17. The Kier molecular flexibility index (Phi) is 3.48. The Labute approximate surface area is 131 Å². The minimum Gasteiger partial charge on any atom is -0.481 e. The second-order valence-corrected chi connectivity index (χ2v) is 5.48. The summed E-state index contributed by atoms with van der Waals surface area (Å²) in [6.07, 6.45) is 3.26. The molecule has 118 valence electrons. The van der Waals surface area contributed by atoms with E-state index in [2.05, 4.69) is 10.1 Å². The number of pyridine rings is 1. The average molecular weight is 313 g/mol. The van der Waals surface area contributed by atoms with E-state index >= 15 is 0 Å². The largest absolute Gasteiger partial charge is 0.481 e. The number of aliphatic imine (C=N–C) groups is 1. The Morgan fingerprint density at radius 3 is 2.61 bits per heavy atom. The molecule has 2 aromatic heterocycles. The monoisotopic (exact) mass is 313 g/mol. The third-order valence-corrected chi connectivity index (χ3v) is 4.12. The number of rotatable bonds is 3. The zero-order valence-electron chi connectivity index (χ0n) is 12.6. The third kappa shape index (κ3) is 2.30. The smallest absolute Gasteiger partial charge is 0.334 e. The molecular weight excluding hydrogens is 298 g/mol. The molecule has 3 heterocycles. The van der Waals surface area contributed by atoms with Crippen LogP contribution in [-0.4, -0.2) is 37.5 Å². The first-order chi connectivity index (χ1) is 10.9. The molecule has 1 aliphatic heterocycles. The van der Waals surface area contributed by atoms with Crippen LogP contribution >= 0.6 is 0 Å². The summed E-state index contributed by atoms with van der Waals surface area (Å²) in [7, 11) is 0. The number of carboxylic acids is 2. The van der Waals surface area contributed by atoms with E-state index in [0.717, 1.165) is 0 Å². The highest BCUT2D eigenvalue weighted by Gasteiger charge is 2.42. The minimum atomic E-state index is -1.16. The van der Waals surface area contributed by atoms with Crippen LogP contribution in [0.3, 0.4) is 0 Å². The van der Waals surface area contributed by atoms with Gasteiger partial charge in [-0.1, -0.05) is 6.07 Å². The Balaban J connectivity index is 2.29. The third-order valence-electron chi connectivity index (χ3n) is 4.12. The van der Waals surface area contributed by atoms with Gasteiger partial charge in [0, 0.05) is 29.1 Å².